The Morgan fingerprint density at radius 1 is 1.22 bits per heavy atom. The van der Waals surface area contributed by atoms with E-state index in [2.05, 4.69) is 57.9 Å². The number of likely N-dealkylation sites (tertiary alicyclic amines) is 1. The third kappa shape index (κ3) is 5.29. The molecule has 3 rings (SSSR count). The third-order valence-electron chi connectivity index (χ3n) is 4.41. The molecular formula is C19H26N6O2. The van der Waals surface area contributed by atoms with Crippen LogP contribution in [0.25, 0.3) is 0 Å². The minimum Gasteiger partial charge on any atom is -0.450 e. The molecule has 0 radical (unpaired) electrons. The zero-order valence-corrected chi connectivity index (χ0v) is 16.0. The number of nitrogens with one attached hydrogen (secondary N) is 2. The van der Waals surface area contributed by atoms with E-state index in [1.807, 2.05) is 6.92 Å². The first-order valence-corrected chi connectivity index (χ1v) is 9.27. The number of benzene rings is 1. The summed E-state index contributed by atoms with van der Waals surface area (Å²) in [6, 6.07) is 6.45. The number of rotatable bonds is 5. The summed E-state index contributed by atoms with van der Waals surface area (Å²) in [4.78, 5) is 18.0. The normalized spacial score (nSPS) is 14.7. The number of nitrogens with zero attached hydrogens (tertiary/aromatic N) is 4. The van der Waals surface area contributed by atoms with Crippen LogP contribution in [0.3, 0.4) is 0 Å². The second-order valence-corrected chi connectivity index (χ2v) is 6.77. The van der Waals surface area contributed by atoms with Crippen LogP contribution in [0.1, 0.15) is 30.9 Å². The van der Waals surface area contributed by atoms with Crippen molar-refractivity contribution in [2.75, 3.05) is 30.3 Å². The fraction of sp³-hybridized carbons (Fsp3) is 0.474. The molecule has 1 aliphatic heterocycles. The molecule has 1 aromatic heterocycles. The summed E-state index contributed by atoms with van der Waals surface area (Å²) in [5.74, 6) is 1.13. The number of ether oxygens (including phenoxy) is 1. The molecule has 0 saturated carbocycles. The number of carbonyl (C=O) groups excluding carboxylic acids is 1. The van der Waals surface area contributed by atoms with Crippen LogP contribution >= 0.6 is 0 Å². The first kappa shape index (κ1) is 18.9. The van der Waals surface area contributed by atoms with Gasteiger partial charge in [-0.25, -0.2) is 4.79 Å². The summed E-state index contributed by atoms with van der Waals surface area (Å²) in [5.41, 5.74) is 3.35. The quantitative estimate of drug-likeness (QED) is 0.834. The Labute approximate surface area is 159 Å². The van der Waals surface area contributed by atoms with E-state index in [-0.39, 0.29) is 12.1 Å². The molecule has 2 heterocycles. The van der Waals surface area contributed by atoms with Crippen molar-refractivity contribution in [2.45, 2.75) is 39.7 Å². The van der Waals surface area contributed by atoms with Gasteiger partial charge in [0.05, 0.1) is 12.8 Å². The van der Waals surface area contributed by atoms with E-state index in [1.54, 1.807) is 11.1 Å². The number of hydrogen-bond acceptors (Lipinski definition) is 7. The molecule has 0 aliphatic carbocycles. The molecule has 0 atom stereocenters. The summed E-state index contributed by atoms with van der Waals surface area (Å²) in [6.07, 6.45) is 2.99. The molecule has 0 spiro atoms. The molecule has 1 saturated heterocycles. The highest BCUT2D eigenvalue weighted by molar-refractivity contribution is 5.67. The molecule has 2 aromatic rings. The lowest BCUT2D eigenvalue weighted by atomic mass is 10.1. The molecule has 8 nitrogen and oxygen atoms in total. The van der Waals surface area contributed by atoms with Gasteiger partial charge in [-0.05, 0) is 56.9 Å². The molecule has 1 aliphatic rings. The van der Waals surface area contributed by atoms with Crippen molar-refractivity contribution in [3.05, 3.63) is 35.5 Å². The second-order valence-electron chi connectivity index (χ2n) is 6.77. The van der Waals surface area contributed by atoms with E-state index in [9.17, 15) is 4.79 Å². The van der Waals surface area contributed by atoms with Crippen LogP contribution in [0.2, 0.25) is 0 Å². The van der Waals surface area contributed by atoms with Gasteiger partial charge < -0.3 is 20.3 Å². The van der Waals surface area contributed by atoms with E-state index in [1.165, 1.54) is 11.1 Å². The highest BCUT2D eigenvalue weighted by Gasteiger charge is 2.24. The molecular weight excluding hydrogens is 344 g/mol. The van der Waals surface area contributed by atoms with Crippen molar-refractivity contribution >= 4 is 23.5 Å². The van der Waals surface area contributed by atoms with Gasteiger partial charge in [0.2, 0.25) is 5.95 Å². The minimum absolute atomic E-state index is 0.203. The standard InChI is InChI=1S/C19H26N6O2/c1-4-27-19(26)25-7-5-15(6-8-25)22-18-23-17(12-20-24-18)21-16-10-13(2)9-14(3)11-16/h9-12,15H,4-8H2,1-3H3,(H2,21,22,23,24). The Hall–Kier alpha value is -2.90. The Bertz CT molecular complexity index is 769. The van der Waals surface area contributed by atoms with Crippen LogP contribution in [0.15, 0.2) is 24.4 Å². The van der Waals surface area contributed by atoms with Gasteiger partial charge in [0.25, 0.3) is 0 Å². The number of carbonyl (C=O) groups is 1. The van der Waals surface area contributed by atoms with Crippen molar-refractivity contribution in [2.24, 2.45) is 0 Å². The molecule has 27 heavy (non-hydrogen) atoms. The largest absolute Gasteiger partial charge is 0.450 e. The van der Waals surface area contributed by atoms with Crippen LogP contribution < -0.4 is 10.6 Å². The van der Waals surface area contributed by atoms with E-state index in [0.29, 0.717) is 31.5 Å². The van der Waals surface area contributed by atoms with E-state index in [4.69, 9.17) is 4.74 Å². The fourth-order valence-corrected chi connectivity index (χ4v) is 3.22. The molecule has 144 valence electrons. The summed E-state index contributed by atoms with van der Waals surface area (Å²) in [7, 11) is 0. The Morgan fingerprint density at radius 3 is 2.59 bits per heavy atom. The summed E-state index contributed by atoms with van der Waals surface area (Å²) < 4.78 is 5.05. The van der Waals surface area contributed by atoms with E-state index < -0.39 is 0 Å². The third-order valence-corrected chi connectivity index (χ3v) is 4.41. The van der Waals surface area contributed by atoms with Gasteiger partial charge >= 0.3 is 6.09 Å². The fourth-order valence-electron chi connectivity index (χ4n) is 3.22. The number of anilines is 3. The maximum Gasteiger partial charge on any atom is 0.409 e. The van der Waals surface area contributed by atoms with Crippen LogP contribution in [0, 0.1) is 13.8 Å². The van der Waals surface area contributed by atoms with Crippen LogP contribution in [0.4, 0.5) is 22.2 Å². The summed E-state index contributed by atoms with van der Waals surface area (Å²) >= 11 is 0. The van der Waals surface area contributed by atoms with Crippen molar-refractivity contribution in [3.8, 4) is 0 Å². The Kier molecular flexibility index (Phi) is 6.05. The smallest absolute Gasteiger partial charge is 0.409 e. The van der Waals surface area contributed by atoms with Gasteiger partial charge in [0.1, 0.15) is 0 Å². The average molecular weight is 370 g/mol. The Balaban J connectivity index is 1.57. The van der Waals surface area contributed by atoms with Crippen molar-refractivity contribution in [1.82, 2.24) is 20.1 Å². The van der Waals surface area contributed by atoms with Crippen molar-refractivity contribution in [1.29, 1.82) is 0 Å². The number of aromatic nitrogens is 3. The first-order valence-electron chi connectivity index (χ1n) is 9.27. The van der Waals surface area contributed by atoms with E-state index >= 15 is 0 Å². The molecule has 0 bridgehead atoms. The summed E-state index contributed by atoms with van der Waals surface area (Å²) in [5, 5.41) is 14.7. The minimum atomic E-state index is -0.242. The average Bonchev–Trinajstić information content (AvgIpc) is 2.62. The number of aryl methyl sites for hydroxylation is 2. The van der Waals surface area contributed by atoms with Gasteiger partial charge in [0.15, 0.2) is 5.82 Å². The molecule has 1 fully saturated rings. The summed E-state index contributed by atoms with van der Waals surface area (Å²) in [6.45, 7) is 7.65. The SMILES string of the molecule is CCOC(=O)N1CCC(Nc2nncc(Nc3cc(C)cc(C)c3)n2)CC1. The van der Waals surface area contributed by atoms with Crippen LogP contribution in [-0.4, -0.2) is 51.9 Å². The number of hydrogen-bond donors (Lipinski definition) is 2. The van der Waals surface area contributed by atoms with Crippen molar-refractivity contribution < 1.29 is 9.53 Å². The number of amides is 1. The monoisotopic (exact) mass is 370 g/mol. The molecule has 1 amide bonds. The zero-order valence-electron chi connectivity index (χ0n) is 16.0. The van der Waals surface area contributed by atoms with Gasteiger partial charge in [-0.1, -0.05) is 6.07 Å². The lowest BCUT2D eigenvalue weighted by Gasteiger charge is -2.31. The zero-order chi connectivity index (χ0) is 19.2. The predicted octanol–water partition coefficient (Wildman–Crippen LogP) is 3.26. The molecule has 8 heteroatoms. The molecule has 1 aromatic carbocycles. The first-order chi connectivity index (χ1) is 13.0. The highest BCUT2D eigenvalue weighted by Crippen LogP contribution is 2.19. The van der Waals surface area contributed by atoms with E-state index in [0.717, 1.165) is 18.5 Å². The maximum absolute atomic E-state index is 11.8. The van der Waals surface area contributed by atoms with Gasteiger partial charge in [-0.15, -0.1) is 5.10 Å². The molecule has 0 unspecified atom stereocenters. The maximum atomic E-state index is 11.8. The van der Waals surface area contributed by atoms with Crippen LogP contribution in [-0.2, 0) is 4.74 Å². The lowest BCUT2D eigenvalue weighted by molar-refractivity contribution is 0.0983. The van der Waals surface area contributed by atoms with Crippen molar-refractivity contribution in [3.63, 3.8) is 0 Å². The van der Waals surface area contributed by atoms with Gasteiger partial charge in [-0.3, -0.25) is 0 Å². The lowest BCUT2D eigenvalue weighted by Crippen LogP contribution is -2.42. The predicted molar refractivity (Wildman–Crippen MR) is 104 cm³/mol. The van der Waals surface area contributed by atoms with Gasteiger partial charge in [-0.2, -0.15) is 10.1 Å². The Morgan fingerprint density at radius 2 is 1.93 bits per heavy atom. The van der Waals surface area contributed by atoms with Crippen LogP contribution in [0.5, 0.6) is 0 Å². The second kappa shape index (κ2) is 8.66. The molecule has 2 N–H and O–H groups in total. The topological polar surface area (TPSA) is 92.3 Å². The number of piperidine rings is 1. The highest BCUT2D eigenvalue weighted by atomic mass is 16.6. The van der Waals surface area contributed by atoms with Gasteiger partial charge in [0, 0.05) is 24.8 Å².